The van der Waals surface area contributed by atoms with Crippen LogP contribution >= 0.6 is 0 Å². The number of nitrogens with zero attached hydrogens (tertiary/aromatic N) is 3. The summed E-state index contributed by atoms with van der Waals surface area (Å²) in [6.07, 6.45) is 3.38. The smallest absolute Gasteiger partial charge is 0.337 e. The van der Waals surface area contributed by atoms with Crippen molar-refractivity contribution in [2.75, 3.05) is 31.4 Å². The molecule has 32 heavy (non-hydrogen) atoms. The molecule has 1 aliphatic carbocycles. The van der Waals surface area contributed by atoms with Gasteiger partial charge in [0.25, 0.3) is 0 Å². The largest absolute Gasteiger partial charge is 0.465 e. The highest BCUT2D eigenvalue weighted by Crippen LogP contribution is 2.46. The lowest BCUT2D eigenvalue weighted by Gasteiger charge is -2.40. The number of hydrogen-bond donors (Lipinski definition) is 1. The number of hydrogen-bond acceptors (Lipinski definition) is 5. The molecule has 0 spiro atoms. The molecule has 4 rings (SSSR count). The maximum atomic E-state index is 12.2. The van der Waals surface area contributed by atoms with E-state index in [0.29, 0.717) is 17.5 Å². The molecule has 0 amide bonds. The van der Waals surface area contributed by atoms with E-state index in [2.05, 4.69) is 59.8 Å². The van der Waals surface area contributed by atoms with Crippen molar-refractivity contribution in [2.24, 2.45) is 11.3 Å². The Kier molecular flexibility index (Phi) is 5.89. The number of methoxy groups -OCH3 is 1. The van der Waals surface area contributed by atoms with Gasteiger partial charge in [-0.15, -0.1) is 0 Å². The molecule has 2 aromatic carbocycles. The summed E-state index contributed by atoms with van der Waals surface area (Å²) in [5.41, 5.74) is 4.78. The van der Waals surface area contributed by atoms with Crippen LogP contribution in [0.15, 0.2) is 42.5 Å². The fraction of sp³-hybridized carbons (Fsp3) is 0.462. The first kappa shape index (κ1) is 22.2. The summed E-state index contributed by atoms with van der Waals surface area (Å²) in [5, 5.41) is 3.55. The van der Waals surface area contributed by atoms with Gasteiger partial charge in [-0.05, 0) is 73.1 Å². The zero-order chi connectivity index (χ0) is 23.0. The third-order valence-electron chi connectivity index (χ3n) is 6.48. The number of benzene rings is 2. The van der Waals surface area contributed by atoms with Crippen LogP contribution in [0.25, 0.3) is 11.0 Å². The normalized spacial score (nSPS) is 20.2. The van der Waals surface area contributed by atoms with E-state index in [-0.39, 0.29) is 11.4 Å². The third-order valence-corrected chi connectivity index (χ3v) is 6.48. The zero-order valence-corrected chi connectivity index (χ0v) is 20.0. The first-order valence-corrected chi connectivity index (χ1v) is 11.3. The number of anilines is 3. The minimum absolute atomic E-state index is 0.253. The van der Waals surface area contributed by atoms with Crippen LogP contribution in [0.2, 0.25) is 0 Å². The lowest BCUT2D eigenvalue weighted by Crippen LogP contribution is -2.29. The molecule has 2 atom stereocenters. The molecule has 1 unspecified atom stereocenters. The van der Waals surface area contributed by atoms with Crippen molar-refractivity contribution in [2.45, 2.75) is 46.1 Å². The van der Waals surface area contributed by atoms with Crippen LogP contribution in [0.3, 0.4) is 0 Å². The van der Waals surface area contributed by atoms with Crippen molar-refractivity contribution < 1.29 is 9.53 Å². The van der Waals surface area contributed by atoms with Crippen LogP contribution < -0.4 is 10.2 Å². The lowest BCUT2D eigenvalue weighted by molar-refractivity contribution is 0.0600. The Morgan fingerprint density at radius 1 is 1.16 bits per heavy atom. The zero-order valence-electron chi connectivity index (χ0n) is 20.0. The lowest BCUT2D eigenvalue weighted by atomic mass is 9.70. The fourth-order valence-corrected chi connectivity index (χ4v) is 5.26. The maximum absolute atomic E-state index is 12.2. The minimum Gasteiger partial charge on any atom is -0.465 e. The van der Waals surface area contributed by atoms with Gasteiger partial charge in [0.15, 0.2) is 0 Å². The van der Waals surface area contributed by atoms with Crippen LogP contribution in [0.4, 0.5) is 17.3 Å². The summed E-state index contributed by atoms with van der Waals surface area (Å²) >= 11 is 0. The predicted molar refractivity (Wildman–Crippen MR) is 131 cm³/mol. The van der Waals surface area contributed by atoms with Crippen LogP contribution in [0, 0.1) is 11.3 Å². The molecule has 1 heterocycles. The standard InChI is InChI=1S/C26H34N4O2/c1-17-13-21(16-26(2,3)15-17)30-23-14-18(24(31)32-6)7-12-22(23)28-25(30)27-19-8-10-20(11-9-19)29(4)5/h7-12,14,17,21H,13,15-16H2,1-6H3,(H,27,28)/t17-,21?/m1/s1. The van der Waals surface area contributed by atoms with Gasteiger partial charge in [0, 0.05) is 31.5 Å². The number of carbonyl (C=O) groups excluding carboxylic acids is 1. The van der Waals surface area contributed by atoms with E-state index >= 15 is 0 Å². The second-order valence-electron chi connectivity index (χ2n) is 10.1. The van der Waals surface area contributed by atoms with Crippen LogP contribution in [-0.4, -0.2) is 36.7 Å². The van der Waals surface area contributed by atoms with Crippen LogP contribution in [-0.2, 0) is 4.74 Å². The molecular formula is C26H34N4O2. The van der Waals surface area contributed by atoms with Crippen molar-refractivity contribution in [1.29, 1.82) is 0 Å². The number of rotatable bonds is 5. The molecule has 6 heteroatoms. The number of aromatic nitrogens is 2. The monoisotopic (exact) mass is 434 g/mol. The summed E-state index contributed by atoms with van der Waals surface area (Å²) in [7, 11) is 5.49. The van der Waals surface area contributed by atoms with Gasteiger partial charge < -0.3 is 19.5 Å². The van der Waals surface area contributed by atoms with E-state index in [0.717, 1.165) is 41.2 Å². The topological polar surface area (TPSA) is 59.4 Å². The number of esters is 1. The Morgan fingerprint density at radius 2 is 1.88 bits per heavy atom. The van der Waals surface area contributed by atoms with E-state index in [4.69, 9.17) is 9.72 Å². The number of carbonyl (C=O) groups is 1. The van der Waals surface area contributed by atoms with Gasteiger partial charge in [0.1, 0.15) is 0 Å². The van der Waals surface area contributed by atoms with Gasteiger partial charge in [0.05, 0.1) is 23.7 Å². The van der Waals surface area contributed by atoms with Crippen molar-refractivity contribution in [3.8, 4) is 0 Å². The Bertz CT molecular complexity index is 1110. The summed E-state index contributed by atoms with van der Waals surface area (Å²) < 4.78 is 7.27. The molecule has 1 saturated carbocycles. The molecule has 170 valence electrons. The summed E-state index contributed by atoms with van der Waals surface area (Å²) in [4.78, 5) is 19.2. The molecule has 1 N–H and O–H groups in total. The van der Waals surface area contributed by atoms with E-state index < -0.39 is 0 Å². The van der Waals surface area contributed by atoms with Crippen molar-refractivity contribution in [3.05, 3.63) is 48.0 Å². The second-order valence-corrected chi connectivity index (χ2v) is 10.1. The van der Waals surface area contributed by atoms with Crippen molar-refractivity contribution >= 4 is 34.3 Å². The Balaban J connectivity index is 1.80. The fourth-order valence-electron chi connectivity index (χ4n) is 5.26. The number of fused-ring (bicyclic) bond motifs is 1. The first-order valence-electron chi connectivity index (χ1n) is 11.3. The average Bonchev–Trinajstić information content (AvgIpc) is 3.09. The van der Waals surface area contributed by atoms with E-state index in [1.54, 1.807) is 6.07 Å². The Morgan fingerprint density at radius 3 is 2.50 bits per heavy atom. The highest BCUT2D eigenvalue weighted by molar-refractivity contribution is 5.94. The van der Waals surface area contributed by atoms with Gasteiger partial charge in [-0.2, -0.15) is 0 Å². The second kappa shape index (κ2) is 8.49. The van der Waals surface area contributed by atoms with Crippen LogP contribution in [0.5, 0.6) is 0 Å². The third kappa shape index (κ3) is 4.45. The molecule has 0 aliphatic heterocycles. The van der Waals surface area contributed by atoms with Gasteiger partial charge in [0.2, 0.25) is 5.95 Å². The Hall–Kier alpha value is -3.02. The number of ether oxygens (including phenoxy) is 1. The SMILES string of the molecule is COC(=O)c1ccc2nc(Nc3ccc(N(C)C)cc3)n(C3C[C@@H](C)CC(C)(C)C3)c2c1. The summed E-state index contributed by atoms with van der Waals surface area (Å²) in [6, 6.07) is 14.3. The molecule has 0 bridgehead atoms. The number of imidazole rings is 1. The highest BCUT2D eigenvalue weighted by Gasteiger charge is 2.34. The van der Waals surface area contributed by atoms with Crippen molar-refractivity contribution in [1.82, 2.24) is 9.55 Å². The minimum atomic E-state index is -0.328. The first-order chi connectivity index (χ1) is 15.2. The summed E-state index contributed by atoms with van der Waals surface area (Å²) in [5.74, 6) is 1.11. The molecule has 0 saturated heterocycles. The van der Waals surface area contributed by atoms with Gasteiger partial charge >= 0.3 is 5.97 Å². The maximum Gasteiger partial charge on any atom is 0.337 e. The van der Waals surface area contributed by atoms with E-state index in [9.17, 15) is 4.79 Å². The molecular weight excluding hydrogens is 400 g/mol. The van der Waals surface area contributed by atoms with Crippen LogP contribution in [0.1, 0.15) is 56.4 Å². The molecule has 1 aromatic heterocycles. The quantitative estimate of drug-likeness (QED) is 0.498. The summed E-state index contributed by atoms with van der Waals surface area (Å²) in [6.45, 7) is 7.03. The predicted octanol–water partition coefficient (Wildman–Crippen LogP) is 6.02. The van der Waals surface area contributed by atoms with Gasteiger partial charge in [-0.3, -0.25) is 0 Å². The van der Waals surface area contributed by atoms with E-state index in [1.807, 2.05) is 26.2 Å². The van der Waals surface area contributed by atoms with Gasteiger partial charge in [-0.1, -0.05) is 20.8 Å². The Labute approximate surface area is 190 Å². The van der Waals surface area contributed by atoms with Crippen molar-refractivity contribution in [3.63, 3.8) is 0 Å². The molecule has 0 radical (unpaired) electrons. The average molecular weight is 435 g/mol. The molecule has 1 aliphatic rings. The molecule has 6 nitrogen and oxygen atoms in total. The molecule has 3 aromatic rings. The van der Waals surface area contributed by atoms with E-state index in [1.165, 1.54) is 13.5 Å². The highest BCUT2D eigenvalue weighted by atomic mass is 16.5. The van der Waals surface area contributed by atoms with Gasteiger partial charge in [-0.25, -0.2) is 9.78 Å². The number of nitrogens with one attached hydrogen (secondary N) is 1. The molecule has 1 fully saturated rings.